The molecule has 2 fully saturated rings. The van der Waals surface area contributed by atoms with Gasteiger partial charge in [-0.05, 0) is 40.0 Å². The lowest BCUT2D eigenvalue weighted by molar-refractivity contribution is -0.131. The van der Waals surface area contributed by atoms with Gasteiger partial charge in [0.2, 0.25) is 5.91 Å². The molecular formula is C16H30N2O2. The molecular weight excluding hydrogens is 252 g/mol. The third-order valence-corrected chi connectivity index (χ3v) is 4.88. The summed E-state index contributed by atoms with van der Waals surface area (Å²) >= 11 is 0. The zero-order valence-electron chi connectivity index (χ0n) is 13.2. The summed E-state index contributed by atoms with van der Waals surface area (Å²) in [6.45, 7) is 7.67. The second-order valence-corrected chi connectivity index (χ2v) is 6.60. The summed E-state index contributed by atoms with van der Waals surface area (Å²) in [7, 11) is 0. The van der Waals surface area contributed by atoms with E-state index in [1.54, 1.807) is 0 Å². The predicted molar refractivity (Wildman–Crippen MR) is 80.6 cm³/mol. The Kier molecular flexibility index (Phi) is 5.44. The number of ether oxygens (including phenoxy) is 1. The number of rotatable bonds is 7. The van der Waals surface area contributed by atoms with Gasteiger partial charge >= 0.3 is 0 Å². The molecule has 2 N–H and O–H groups in total. The fourth-order valence-corrected chi connectivity index (χ4v) is 3.93. The first-order valence-corrected chi connectivity index (χ1v) is 8.23. The molecule has 0 heterocycles. The van der Waals surface area contributed by atoms with Crippen LogP contribution in [0.2, 0.25) is 0 Å². The Balaban J connectivity index is 1.75. The summed E-state index contributed by atoms with van der Waals surface area (Å²) < 4.78 is 5.91. The molecule has 1 spiro atoms. The van der Waals surface area contributed by atoms with E-state index in [1.807, 2.05) is 13.8 Å². The standard InChI is InChI=1S/C16H30N2O2/c1-4-20-14-11-13(16(14)8-5-6-9-16)17-10-7-15(19)18-12(2)3/h12-14,17H,4-11H2,1-3H3,(H,18,19). The van der Waals surface area contributed by atoms with Crippen LogP contribution in [-0.2, 0) is 9.53 Å². The van der Waals surface area contributed by atoms with Crippen LogP contribution < -0.4 is 10.6 Å². The van der Waals surface area contributed by atoms with Crippen LogP contribution in [0.25, 0.3) is 0 Å². The first-order chi connectivity index (χ1) is 9.58. The van der Waals surface area contributed by atoms with Gasteiger partial charge in [-0.15, -0.1) is 0 Å². The highest BCUT2D eigenvalue weighted by Crippen LogP contribution is 2.54. The van der Waals surface area contributed by atoms with Gasteiger partial charge in [-0.3, -0.25) is 4.79 Å². The summed E-state index contributed by atoms with van der Waals surface area (Å²) in [6, 6.07) is 0.781. The largest absolute Gasteiger partial charge is 0.378 e. The molecule has 0 aromatic carbocycles. The molecule has 20 heavy (non-hydrogen) atoms. The highest BCUT2D eigenvalue weighted by Gasteiger charge is 2.56. The molecule has 2 unspecified atom stereocenters. The van der Waals surface area contributed by atoms with Crippen molar-refractivity contribution in [3.63, 3.8) is 0 Å². The van der Waals surface area contributed by atoms with E-state index in [9.17, 15) is 4.79 Å². The van der Waals surface area contributed by atoms with Crippen LogP contribution >= 0.6 is 0 Å². The number of nitrogens with one attached hydrogen (secondary N) is 2. The minimum absolute atomic E-state index is 0.147. The SMILES string of the molecule is CCOC1CC(NCCC(=O)NC(C)C)C12CCCC2. The third-order valence-electron chi connectivity index (χ3n) is 4.88. The van der Waals surface area contributed by atoms with E-state index in [4.69, 9.17) is 4.74 Å². The molecule has 2 saturated carbocycles. The lowest BCUT2D eigenvalue weighted by Gasteiger charge is -2.54. The van der Waals surface area contributed by atoms with Gasteiger partial charge in [0.15, 0.2) is 0 Å². The van der Waals surface area contributed by atoms with Crippen molar-refractivity contribution in [3.05, 3.63) is 0 Å². The third kappa shape index (κ3) is 3.34. The Morgan fingerprint density at radius 3 is 2.65 bits per heavy atom. The lowest BCUT2D eigenvalue weighted by Crippen LogP contribution is -2.63. The Bertz CT molecular complexity index is 324. The van der Waals surface area contributed by atoms with Crippen LogP contribution in [0.4, 0.5) is 0 Å². The van der Waals surface area contributed by atoms with Crippen molar-refractivity contribution in [2.24, 2.45) is 5.41 Å². The smallest absolute Gasteiger partial charge is 0.221 e. The fraction of sp³-hybridized carbons (Fsp3) is 0.938. The maximum Gasteiger partial charge on any atom is 0.221 e. The van der Waals surface area contributed by atoms with Crippen molar-refractivity contribution in [2.75, 3.05) is 13.2 Å². The molecule has 2 aliphatic rings. The molecule has 0 aromatic heterocycles. The van der Waals surface area contributed by atoms with Crippen LogP contribution in [-0.4, -0.2) is 37.2 Å². The summed E-state index contributed by atoms with van der Waals surface area (Å²) in [5.74, 6) is 0.147. The van der Waals surface area contributed by atoms with E-state index >= 15 is 0 Å². The molecule has 0 radical (unpaired) electrons. The van der Waals surface area contributed by atoms with Crippen LogP contribution in [0.15, 0.2) is 0 Å². The second-order valence-electron chi connectivity index (χ2n) is 6.60. The molecule has 4 nitrogen and oxygen atoms in total. The van der Waals surface area contributed by atoms with E-state index in [0.717, 1.165) is 19.6 Å². The molecule has 2 aliphatic carbocycles. The van der Waals surface area contributed by atoms with Gasteiger partial charge in [-0.1, -0.05) is 12.8 Å². The fourth-order valence-electron chi connectivity index (χ4n) is 3.93. The van der Waals surface area contributed by atoms with Gasteiger partial charge in [-0.25, -0.2) is 0 Å². The van der Waals surface area contributed by atoms with Crippen LogP contribution in [0.1, 0.15) is 59.3 Å². The number of hydrogen-bond donors (Lipinski definition) is 2. The number of hydrogen-bond acceptors (Lipinski definition) is 3. The Morgan fingerprint density at radius 2 is 2.05 bits per heavy atom. The first kappa shape index (κ1) is 15.8. The number of carbonyl (C=O) groups excluding carboxylic acids is 1. The normalized spacial score (nSPS) is 27.8. The van der Waals surface area contributed by atoms with E-state index in [-0.39, 0.29) is 11.9 Å². The Labute approximate surface area is 123 Å². The minimum Gasteiger partial charge on any atom is -0.378 e. The lowest BCUT2D eigenvalue weighted by atomic mass is 9.60. The highest BCUT2D eigenvalue weighted by molar-refractivity contribution is 5.76. The van der Waals surface area contributed by atoms with Crippen molar-refractivity contribution < 1.29 is 9.53 Å². The Morgan fingerprint density at radius 1 is 1.35 bits per heavy atom. The van der Waals surface area contributed by atoms with E-state index in [2.05, 4.69) is 17.6 Å². The molecule has 0 bridgehead atoms. The van der Waals surface area contributed by atoms with Crippen LogP contribution in [0.3, 0.4) is 0 Å². The van der Waals surface area contributed by atoms with Gasteiger partial charge in [-0.2, -0.15) is 0 Å². The monoisotopic (exact) mass is 282 g/mol. The van der Waals surface area contributed by atoms with Gasteiger partial charge < -0.3 is 15.4 Å². The van der Waals surface area contributed by atoms with E-state index in [1.165, 1.54) is 25.7 Å². The topological polar surface area (TPSA) is 50.4 Å². The van der Waals surface area contributed by atoms with Gasteiger partial charge in [0.05, 0.1) is 6.10 Å². The average Bonchev–Trinajstić information content (AvgIpc) is 2.88. The molecule has 2 atom stereocenters. The summed E-state index contributed by atoms with van der Waals surface area (Å²) in [6.07, 6.45) is 7.35. The average molecular weight is 282 g/mol. The quantitative estimate of drug-likeness (QED) is 0.753. The maximum atomic E-state index is 11.6. The Hall–Kier alpha value is -0.610. The number of carbonyl (C=O) groups is 1. The maximum absolute atomic E-state index is 11.6. The summed E-state index contributed by atoms with van der Waals surface area (Å²) in [4.78, 5) is 11.6. The van der Waals surface area contributed by atoms with Crippen molar-refractivity contribution in [1.82, 2.24) is 10.6 Å². The second kappa shape index (κ2) is 6.90. The van der Waals surface area contributed by atoms with Crippen LogP contribution in [0.5, 0.6) is 0 Å². The molecule has 0 saturated heterocycles. The van der Waals surface area contributed by atoms with E-state index < -0.39 is 0 Å². The van der Waals surface area contributed by atoms with Crippen molar-refractivity contribution in [1.29, 1.82) is 0 Å². The molecule has 0 aromatic rings. The van der Waals surface area contributed by atoms with Crippen LogP contribution in [0, 0.1) is 5.41 Å². The van der Waals surface area contributed by atoms with E-state index in [0.29, 0.717) is 24.0 Å². The summed E-state index contributed by atoms with van der Waals surface area (Å²) in [5, 5.41) is 6.54. The van der Waals surface area contributed by atoms with Gasteiger partial charge in [0.1, 0.15) is 0 Å². The van der Waals surface area contributed by atoms with Crippen molar-refractivity contribution in [3.8, 4) is 0 Å². The zero-order chi connectivity index (χ0) is 14.6. The molecule has 1 amide bonds. The molecule has 116 valence electrons. The molecule has 0 aliphatic heterocycles. The zero-order valence-corrected chi connectivity index (χ0v) is 13.2. The minimum atomic E-state index is 0.147. The molecule has 4 heteroatoms. The molecule has 2 rings (SSSR count). The highest BCUT2D eigenvalue weighted by atomic mass is 16.5. The summed E-state index contributed by atoms with van der Waals surface area (Å²) in [5.41, 5.74) is 0.366. The van der Waals surface area contributed by atoms with Gasteiger partial charge in [0, 0.05) is 37.1 Å². The number of amides is 1. The van der Waals surface area contributed by atoms with Crippen molar-refractivity contribution in [2.45, 2.75) is 77.5 Å². The van der Waals surface area contributed by atoms with Gasteiger partial charge in [0.25, 0.3) is 0 Å². The van der Waals surface area contributed by atoms with Crippen molar-refractivity contribution >= 4 is 5.91 Å². The predicted octanol–water partition coefficient (Wildman–Crippen LogP) is 2.23. The first-order valence-electron chi connectivity index (χ1n) is 8.23.